The van der Waals surface area contributed by atoms with Crippen LogP contribution in [0.25, 0.3) is 0 Å². The van der Waals surface area contributed by atoms with Gasteiger partial charge < -0.3 is 5.73 Å². The fraction of sp³-hybridized carbons (Fsp3) is 1.00. The van der Waals surface area contributed by atoms with Gasteiger partial charge in [0.15, 0.2) is 0 Å². The normalized spacial score (nSPS) is 46.3. The van der Waals surface area contributed by atoms with Crippen molar-refractivity contribution in [1.82, 2.24) is 0 Å². The van der Waals surface area contributed by atoms with Gasteiger partial charge in [-0.05, 0) is 67.6 Å². The second-order valence-electron chi connectivity index (χ2n) is 7.67. The maximum absolute atomic E-state index is 6.45. The Balaban J connectivity index is 1.97. The molecule has 106 valence electrons. The summed E-state index contributed by atoms with van der Waals surface area (Å²) in [5.41, 5.74) is 6.45. The molecule has 0 heterocycles. The van der Waals surface area contributed by atoms with Gasteiger partial charge in [0.1, 0.15) is 0 Å². The molecule has 0 saturated heterocycles. The molecule has 1 heteroatoms. The summed E-state index contributed by atoms with van der Waals surface area (Å²) < 4.78 is 0. The van der Waals surface area contributed by atoms with E-state index in [4.69, 9.17) is 5.73 Å². The molecule has 0 radical (unpaired) electrons. The van der Waals surface area contributed by atoms with Gasteiger partial charge in [0.25, 0.3) is 0 Å². The maximum atomic E-state index is 6.45. The monoisotopic (exact) mass is 251 g/mol. The van der Waals surface area contributed by atoms with Crippen molar-refractivity contribution in [2.75, 3.05) is 0 Å². The van der Waals surface area contributed by atoms with Crippen molar-refractivity contribution >= 4 is 0 Å². The third kappa shape index (κ3) is 3.10. The second-order valence-corrected chi connectivity index (χ2v) is 7.67. The maximum Gasteiger partial charge on any atom is 0.00700 e. The van der Waals surface area contributed by atoms with E-state index in [1.165, 1.54) is 38.5 Å². The Morgan fingerprint density at radius 3 is 2.22 bits per heavy atom. The highest BCUT2D eigenvalue weighted by Crippen LogP contribution is 2.44. The van der Waals surface area contributed by atoms with Crippen molar-refractivity contribution in [3.8, 4) is 0 Å². The first-order valence-electron chi connectivity index (χ1n) is 8.24. The first-order valence-corrected chi connectivity index (χ1v) is 8.24. The Bertz CT molecular complexity index is 260. The van der Waals surface area contributed by atoms with Gasteiger partial charge in [0.2, 0.25) is 0 Å². The van der Waals surface area contributed by atoms with E-state index < -0.39 is 0 Å². The van der Waals surface area contributed by atoms with Gasteiger partial charge in [-0.3, -0.25) is 0 Å². The van der Waals surface area contributed by atoms with E-state index in [0.29, 0.717) is 6.04 Å². The van der Waals surface area contributed by atoms with E-state index in [0.717, 1.165) is 35.5 Å². The van der Waals surface area contributed by atoms with E-state index in [2.05, 4.69) is 27.7 Å². The minimum atomic E-state index is 0.491. The van der Waals surface area contributed by atoms with Crippen LogP contribution in [0, 0.1) is 35.5 Å². The van der Waals surface area contributed by atoms with Crippen LogP contribution in [0.15, 0.2) is 0 Å². The van der Waals surface area contributed by atoms with Crippen molar-refractivity contribution in [2.24, 2.45) is 41.2 Å². The molecule has 2 fully saturated rings. The molecule has 0 aromatic carbocycles. The molecule has 6 atom stereocenters. The fourth-order valence-corrected chi connectivity index (χ4v) is 4.39. The van der Waals surface area contributed by atoms with E-state index >= 15 is 0 Å². The molecule has 0 bridgehead atoms. The summed E-state index contributed by atoms with van der Waals surface area (Å²) in [4.78, 5) is 0. The molecule has 0 spiro atoms. The molecular weight excluding hydrogens is 218 g/mol. The fourth-order valence-electron chi connectivity index (χ4n) is 4.39. The molecule has 2 saturated carbocycles. The van der Waals surface area contributed by atoms with Crippen molar-refractivity contribution in [3.63, 3.8) is 0 Å². The van der Waals surface area contributed by atoms with Crippen LogP contribution in [0.4, 0.5) is 0 Å². The summed E-state index contributed by atoms with van der Waals surface area (Å²) in [6.07, 6.45) is 8.35. The molecule has 1 nitrogen and oxygen atoms in total. The molecule has 2 rings (SSSR count). The smallest absolute Gasteiger partial charge is 0.00700 e. The first-order chi connectivity index (χ1) is 8.49. The summed E-state index contributed by atoms with van der Waals surface area (Å²) in [5.74, 6) is 5.37. The molecule has 2 aliphatic rings. The second kappa shape index (κ2) is 5.94. The lowest BCUT2D eigenvalue weighted by Crippen LogP contribution is -2.43. The van der Waals surface area contributed by atoms with Crippen molar-refractivity contribution < 1.29 is 0 Å². The summed E-state index contributed by atoms with van der Waals surface area (Å²) in [6, 6.07) is 0.491. The number of hydrogen-bond donors (Lipinski definition) is 1. The molecule has 2 aliphatic carbocycles. The lowest BCUT2D eigenvalue weighted by Gasteiger charge is -2.44. The summed E-state index contributed by atoms with van der Waals surface area (Å²) >= 11 is 0. The minimum absolute atomic E-state index is 0.491. The lowest BCUT2D eigenvalue weighted by atomic mass is 9.63. The molecule has 0 aliphatic heterocycles. The standard InChI is InChI=1S/C17H33N/c1-11(2)14-7-8-17(18)16(10-14)15-6-5-12(3)13(4)9-15/h11-17H,5-10,18H2,1-4H3. The Kier molecular flexibility index (Phi) is 4.75. The summed E-state index contributed by atoms with van der Waals surface area (Å²) in [7, 11) is 0. The van der Waals surface area contributed by atoms with Crippen LogP contribution in [-0.4, -0.2) is 6.04 Å². The van der Waals surface area contributed by atoms with E-state index in [1.54, 1.807) is 0 Å². The zero-order chi connectivity index (χ0) is 13.3. The molecule has 0 amide bonds. The molecule has 0 aromatic heterocycles. The molecular formula is C17H33N. The topological polar surface area (TPSA) is 26.0 Å². The highest BCUT2D eigenvalue weighted by molar-refractivity contribution is 4.90. The Labute approximate surface area is 114 Å². The van der Waals surface area contributed by atoms with Gasteiger partial charge in [-0.2, -0.15) is 0 Å². The lowest BCUT2D eigenvalue weighted by molar-refractivity contribution is 0.0846. The number of hydrogen-bond acceptors (Lipinski definition) is 1. The summed E-state index contributed by atoms with van der Waals surface area (Å²) in [6.45, 7) is 9.66. The van der Waals surface area contributed by atoms with Gasteiger partial charge in [-0.1, -0.05) is 34.1 Å². The third-order valence-corrected chi connectivity index (χ3v) is 6.18. The Hall–Kier alpha value is -0.0400. The highest BCUT2D eigenvalue weighted by atomic mass is 14.7. The summed E-state index contributed by atoms with van der Waals surface area (Å²) in [5, 5.41) is 0. The van der Waals surface area contributed by atoms with Crippen LogP contribution in [0.5, 0.6) is 0 Å². The minimum Gasteiger partial charge on any atom is -0.327 e. The van der Waals surface area contributed by atoms with Gasteiger partial charge >= 0.3 is 0 Å². The van der Waals surface area contributed by atoms with Crippen molar-refractivity contribution in [3.05, 3.63) is 0 Å². The van der Waals surface area contributed by atoms with E-state index in [-0.39, 0.29) is 0 Å². The van der Waals surface area contributed by atoms with Gasteiger partial charge in [0.05, 0.1) is 0 Å². The molecule has 18 heavy (non-hydrogen) atoms. The predicted molar refractivity (Wildman–Crippen MR) is 79.3 cm³/mol. The van der Waals surface area contributed by atoms with Crippen LogP contribution in [-0.2, 0) is 0 Å². The highest BCUT2D eigenvalue weighted by Gasteiger charge is 2.37. The van der Waals surface area contributed by atoms with Crippen molar-refractivity contribution in [2.45, 2.75) is 72.3 Å². The Morgan fingerprint density at radius 1 is 0.889 bits per heavy atom. The largest absolute Gasteiger partial charge is 0.327 e. The molecule has 0 aromatic rings. The Morgan fingerprint density at radius 2 is 1.61 bits per heavy atom. The third-order valence-electron chi connectivity index (χ3n) is 6.18. The van der Waals surface area contributed by atoms with Crippen LogP contribution in [0.2, 0.25) is 0 Å². The number of nitrogens with two attached hydrogens (primary N) is 1. The van der Waals surface area contributed by atoms with Crippen molar-refractivity contribution in [1.29, 1.82) is 0 Å². The first kappa shape index (κ1) is 14.4. The number of rotatable bonds is 2. The average Bonchev–Trinajstić information content (AvgIpc) is 2.33. The van der Waals surface area contributed by atoms with Gasteiger partial charge in [-0.25, -0.2) is 0 Å². The van der Waals surface area contributed by atoms with E-state index in [9.17, 15) is 0 Å². The van der Waals surface area contributed by atoms with E-state index in [1.807, 2.05) is 0 Å². The van der Waals surface area contributed by atoms with Crippen LogP contribution < -0.4 is 5.73 Å². The van der Waals surface area contributed by atoms with Gasteiger partial charge in [0, 0.05) is 6.04 Å². The molecule has 6 unspecified atom stereocenters. The van der Waals surface area contributed by atoms with Gasteiger partial charge in [-0.15, -0.1) is 0 Å². The average molecular weight is 251 g/mol. The predicted octanol–water partition coefficient (Wildman–Crippen LogP) is 4.46. The zero-order valence-corrected chi connectivity index (χ0v) is 12.9. The quantitative estimate of drug-likeness (QED) is 0.770. The van der Waals surface area contributed by atoms with Crippen LogP contribution in [0.3, 0.4) is 0 Å². The van der Waals surface area contributed by atoms with Crippen LogP contribution >= 0.6 is 0 Å². The van der Waals surface area contributed by atoms with Crippen LogP contribution in [0.1, 0.15) is 66.2 Å². The zero-order valence-electron chi connectivity index (χ0n) is 12.9. The SMILES string of the molecule is CC(C)C1CCC(N)C(C2CCC(C)C(C)C2)C1. The molecule has 2 N–H and O–H groups in total.